The molecule has 1 aromatic rings. The standard InChI is InChI=1S/C13H19NO3/c1-15-11-8-10(6-4-5-7-14)9-12(16-2)13(11)17-3/h4,6,8-9H,5,7,14H2,1-3H3/b6-4+. The van der Waals surface area contributed by atoms with Gasteiger partial charge in [0.1, 0.15) is 0 Å². The van der Waals surface area contributed by atoms with E-state index in [0.717, 1.165) is 12.0 Å². The molecular weight excluding hydrogens is 218 g/mol. The molecule has 94 valence electrons. The number of nitrogens with two attached hydrogens (primary N) is 1. The minimum absolute atomic E-state index is 0.603. The molecule has 0 amide bonds. The van der Waals surface area contributed by atoms with Crippen LogP contribution in [0.2, 0.25) is 0 Å². The van der Waals surface area contributed by atoms with E-state index in [1.165, 1.54) is 0 Å². The van der Waals surface area contributed by atoms with E-state index in [1.807, 2.05) is 24.3 Å². The number of hydrogen-bond donors (Lipinski definition) is 1. The summed E-state index contributed by atoms with van der Waals surface area (Å²) in [6.07, 6.45) is 4.84. The molecule has 0 radical (unpaired) electrons. The average Bonchev–Trinajstić information content (AvgIpc) is 2.37. The highest BCUT2D eigenvalue weighted by Crippen LogP contribution is 2.38. The zero-order valence-corrected chi connectivity index (χ0v) is 10.5. The smallest absolute Gasteiger partial charge is 0.203 e. The molecule has 4 nitrogen and oxygen atoms in total. The number of methoxy groups -OCH3 is 3. The molecule has 0 spiro atoms. The van der Waals surface area contributed by atoms with Gasteiger partial charge < -0.3 is 19.9 Å². The lowest BCUT2D eigenvalue weighted by Gasteiger charge is -2.12. The third-order valence-corrected chi connectivity index (χ3v) is 2.33. The third-order valence-electron chi connectivity index (χ3n) is 2.33. The summed E-state index contributed by atoms with van der Waals surface area (Å²) < 4.78 is 15.8. The highest BCUT2D eigenvalue weighted by atomic mass is 16.5. The van der Waals surface area contributed by atoms with Gasteiger partial charge in [0.25, 0.3) is 0 Å². The Balaban J connectivity index is 3.08. The zero-order valence-electron chi connectivity index (χ0n) is 10.5. The van der Waals surface area contributed by atoms with Crippen LogP contribution in [0.5, 0.6) is 17.2 Å². The van der Waals surface area contributed by atoms with Gasteiger partial charge in [0.05, 0.1) is 21.3 Å². The minimum atomic E-state index is 0.603. The first-order valence-electron chi connectivity index (χ1n) is 5.43. The Kier molecular flexibility index (Phi) is 5.36. The van der Waals surface area contributed by atoms with Gasteiger partial charge in [-0.1, -0.05) is 12.2 Å². The molecule has 0 heterocycles. The van der Waals surface area contributed by atoms with Crippen LogP contribution in [0, 0.1) is 0 Å². The fourth-order valence-corrected chi connectivity index (χ4v) is 1.51. The van der Waals surface area contributed by atoms with Crippen molar-refractivity contribution < 1.29 is 14.2 Å². The van der Waals surface area contributed by atoms with Crippen molar-refractivity contribution in [2.24, 2.45) is 5.73 Å². The molecule has 0 bridgehead atoms. The summed E-state index contributed by atoms with van der Waals surface area (Å²) in [5, 5.41) is 0. The molecule has 17 heavy (non-hydrogen) atoms. The number of ether oxygens (including phenoxy) is 3. The van der Waals surface area contributed by atoms with Crippen molar-refractivity contribution in [3.05, 3.63) is 23.8 Å². The van der Waals surface area contributed by atoms with Gasteiger partial charge in [0, 0.05) is 0 Å². The molecule has 0 unspecified atom stereocenters. The molecule has 0 atom stereocenters. The molecule has 4 heteroatoms. The van der Waals surface area contributed by atoms with Crippen molar-refractivity contribution in [1.29, 1.82) is 0 Å². The summed E-state index contributed by atoms with van der Waals surface area (Å²) >= 11 is 0. The lowest BCUT2D eigenvalue weighted by atomic mass is 10.1. The second-order valence-corrected chi connectivity index (χ2v) is 3.44. The van der Waals surface area contributed by atoms with Crippen molar-refractivity contribution in [2.75, 3.05) is 27.9 Å². The van der Waals surface area contributed by atoms with Gasteiger partial charge in [-0.05, 0) is 30.7 Å². The molecule has 0 fully saturated rings. The van der Waals surface area contributed by atoms with Gasteiger partial charge in [-0.2, -0.15) is 0 Å². The molecule has 1 aromatic carbocycles. The van der Waals surface area contributed by atoms with Crippen LogP contribution in [0.25, 0.3) is 6.08 Å². The Bertz CT molecular complexity index is 363. The fraction of sp³-hybridized carbons (Fsp3) is 0.385. The van der Waals surface area contributed by atoms with Crippen LogP contribution in [0.1, 0.15) is 12.0 Å². The Labute approximate surface area is 102 Å². The SMILES string of the molecule is COc1cc(/C=C/CCN)cc(OC)c1OC. The van der Waals surface area contributed by atoms with E-state index in [4.69, 9.17) is 19.9 Å². The molecule has 0 aliphatic heterocycles. The van der Waals surface area contributed by atoms with E-state index in [2.05, 4.69) is 0 Å². The van der Waals surface area contributed by atoms with Crippen LogP contribution in [-0.4, -0.2) is 27.9 Å². The maximum atomic E-state index is 5.43. The van der Waals surface area contributed by atoms with Gasteiger partial charge in [-0.3, -0.25) is 0 Å². The third kappa shape index (κ3) is 3.39. The first-order chi connectivity index (χ1) is 8.26. The van der Waals surface area contributed by atoms with E-state index < -0.39 is 0 Å². The summed E-state index contributed by atoms with van der Waals surface area (Å²) in [6, 6.07) is 3.79. The van der Waals surface area contributed by atoms with Crippen LogP contribution >= 0.6 is 0 Å². The number of benzene rings is 1. The molecule has 1 rings (SSSR count). The maximum Gasteiger partial charge on any atom is 0.203 e. The Morgan fingerprint density at radius 2 is 1.65 bits per heavy atom. The molecule has 0 aliphatic carbocycles. The van der Waals surface area contributed by atoms with Crippen LogP contribution in [-0.2, 0) is 0 Å². The first kappa shape index (κ1) is 13.4. The molecule has 0 aromatic heterocycles. The Hall–Kier alpha value is -1.68. The van der Waals surface area contributed by atoms with Crippen LogP contribution in [0.15, 0.2) is 18.2 Å². The minimum Gasteiger partial charge on any atom is -0.493 e. The topological polar surface area (TPSA) is 53.7 Å². The summed E-state index contributed by atoms with van der Waals surface area (Å²) in [4.78, 5) is 0. The molecular formula is C13H19NO3. The van der Waals surface area contributed by atoms with Crippen LogP contribution < -0.4 is 19.9 Å². The summed E-state index contributed by atoms with van der Waals surface area (Å²) in [7, 11) is 4.79. The van der Waals surface area contributed by atoms with E-state index in [9.17, 15) is 0 Å². The number of hydrogen-bond acceptors (Lipinski definition) is 4. The van der Waals surface area contributed by atoms with Crippen molar-refractivity contribution in [2.45, 2.75) is 6.42 Å². The van der Waals surface area contributed by atoms with E-state index in [1.54, 1.807) is 21.3 Å². The molecule has 2 N–H and O–H groups in total. The predicted molar refractivity (Wildman–Crippen MR) is 68.8 cm³/mol. The number of rotatable bonds is 6. The van der Waals surface area contributed by atoms with Gasteiger partial charge in [-0.15, -0.1) is 0 Å². The fourth-order valence-electron chi connectivity index (χ4n) is 1.51. The largest absolute Gasteiger partial charge is 0.493 e. The van der Waals surface area contributed by atoms with Crippen LogP contribution in [0.3, 0.4) is 0 Å². The Morgan fingerprint density at radius 1 is 1.06 bits per heavy atom. The molecule has 0 saturated heterocycles. The lowest BCUT2D eigenvalue weighted by molar-refractivity contribution is 0.324. The Morgan fingerprint density at radius 3 is 2.06 bits per heavy atom. The molecule has 0 aliphatic rings. The quantitative estimate of drug-likeness (QED) is 0.823. The van der Waals surface area contributed by atoms with Gasteiger partial charge >= 0.3 is 0 Å². The van der Waals surface area contributed by atoms with Crippen molar-refractivity contribution >= 4 is 6.08 Å². The highest BCUT2D eigenvalue weighted by molar-refractivity contribution is 5.62. The first-order valence-corrected chi connectivity index (χ1v) is 5.43. The van der Waals surface area contributed by atoms with Crippen molar-refractivity contribution in [1.82, 2.24) is 0 Å². The lowest BCUT2D eigenvalue weighted by Crippen LogP contribution is -1.96. The summed E-state index contributed by atoms with van der Waals surface area (Å²) in [5.74, 6) is 1.91. The second-order valence-electron chi connectivity index (χ2n) is 3.44. The van der Waals surface area contributed by atoms with Crippen molar-refractivity contribution in [3.8, 4) is 17.2 Å². The van der Waals surface area contributed by atoms with Gasteiger partial charge in [0.15, 0.2) is 11.5 Å². The monoisotopic (exact) mass is 237 g/mol. The predicted octanol–water partition coefficient (Wildman–Crippen LogP) is 2.07. The normalized spacial score (nSPS) is 10.6. The van der Waals surface area contributed by atoms with E-state index >= 15 is 0 Å². The van der Waals surface area contributed by atoms with Gasteiger partial charge in [0.2, 0.25) is 5.75 Å². The highest BCUT2D eigenvalue weighted by Gasteiger charge is 2.11. The second kappa shape index (κ2) is 6.81. The van der Waals surface area contributed by atoms with E-state index in [0.29, 0.717) is 23.8 Å². The zero-order chi connectivity index (χ0) is 12.7. The van der Waals surface area contributed by atoms with Crippen molar-refractivity contribution in [3.63, 3.8) is 0 Å². The summed E-state index contributed by atoms with van der Waals surface area (Å²) in [6.45, 7) is 0.640. The summed E-state index contributed by atoms with van der Waals surface area (Å²) in [5.41, 5.74) is 6.42. The van der Waals surface area contributed by atoms with E-state index in [-0.39, 0.29) is 0 Å². The van der Waals surface area contributed by atoms with Gasteiger partial charge in [-0.25, -0.2) is 0 Å². The molecule has 0 saturated carbocycles. The van der Waals surface area contributed by atoms with Crippen LogP contribution in [0.4, 0.5) is 0 Å². The average molecular weight is 237 g/mol. The maximum absolute atomic E-state index is 5.43.